The Morgan fingerprint density at radius 1 is 1.30 bits per heavy atom. The number of nitrogens with zero attached hydrogens (tertiary/aromatic N) is 5. The lowest BCUT2D eigenvalue weighted by Gasteiger charge is -2.55. The minimum Gasteiger partial charge on any atom is -0.549 e. The predicted molar refractivity (Wildman–Crippen MR) is 155 cm³/mol. The number of nitrogen functional groups attached to an aromatic ring is 2. The lowest BCUT2D eigenvalue weighted by Crippen LogP contribution is -2.75. The van der Waals surface area contributed by atoms with Gasteiger partial charge in [0.2, 0.25) is 17.3 Å². The van der Waals surface area contributed by atoms with Gasteiger partial charge in [-0.05, 0) is 29.6 Å². The molecular weight excluding hydrogens is 621 g/mol. The molecule has 43 heavy (non-hydrogen) atoms. The number of anilines is 2. The number of carbonyl (C=O) groups excluding carboxylic acids is 3. The van der Waals surface area contributed by atoms with Crippen LogP contribution in [0.5, 0.6) is 0 Å². The van der Waals surface area contributed by atoms with E-state index in [-0.39, 0.29) is 47.4 Å². The molecule has 2 amide bonds. The summed E-state index contributed by atoms with van der Waals surface area (Å²) in [5.41, 5.74) is 8.37. The van der Waals surface area contributed by atoms with Crippen molar-refractivity contribution in [2.45, 2.75) is 54.3 Å². The second-order valence-electron chi connectivity index (χ2n) is 10.7. The number of nitrogens with two attached hydrogens (primary N) is 2. The molecule has 2 aliphatic heterocycles. The number of hydrogen-bond donors (Lipinski definition) is 4. The number of amides is 2. The Morgan fingerprint density at radius 3 is 2.70 bits per heavy atom. The Kier molecular flexibility index (Phi) is 8.71. The van der Waals surface area contributed by atoms with Gasteiger partial charge >= 0.3 is 11.1 Å². The van der Waals surface area contributed by atoms with Gasteiger partial charge in [-0.15, -0.1) is 23.1 Å². The summed E-state index contributed by atoms with van der Waals surface area (Å²) < 4.78 is 1.72. The van der Waals surface area contributed by atoms with Crippen LogP contribution in [0.25, 0.3) is 0 Å². The predicted octanol–water partition coefficient (Wildman–Crippen LogP) is -1.04. The molecule has 3 aliphatic rings. The molecule has 2 aromatic heterocycles. The number of nitrogens with one attached hydrogen (secondary N) is 1. The highest BCUT2D eigenvalue weighted by atomic mass is 32.2. The lowest BCUT2D eigenvalue weighted by atomic mass is 9.85. The molecular formula is C25H30N8O7S3. The molecule has 2 saturated heterocycles. The highest BCUT2D eigenvalue weighted by molar-refractivity contribution is 8.00. The van der Waals surface area contributed by atoms with Crippen LogP contribution in [-0.4, -0.2) is 84.5 Å². The van der Waals surface area contributed by atoms with E-state index in [4.69, 9.17) is 16.3 Å². The molecule has 3 atom stereocenters. The average molecular weight is 651 g/mol. The van der Waals surface area contributed by atoms with Gasteiger partial charge in [-0.1, -0.05) is 11.6 Å². The van der Waals surface area contributed by atoms with E-state index in [2.05, 4.69) is 20.4 Å². The van der Waals surface area contributed by atoms with E-state index in [0.717, 1.165) is 17.8 Å². The summed E-state index contributed by atoms with van der Waals surface area (Å²) in [6.45, 7) is -0.106. The average Bonchev–Trinajstić information content (AvgIpc) is 3.42. The van der Waals surface area contributed by atoms with E-state index in [1.165, 1.54) is 33.8 Å². The molecule has 18 heteroatoms. The maximum atomic E-state index is 13.4. The van der Waals surface area contributed by atoms with Crippen molar-refractivity contribution < 1.29 is 38.8 Å². The van der Waals surface area contributed by atoms with Crippen LogP contribution in [0.15, 0.2) is 28.0 Å². The van der Waals surface area contributed by atoms with Crippen molar-refractivity contribution in [2.24, 2.45) is 17.6 Å². The minimum atomic E-state index is -1.57. The first-order valence-electron chi connectivity index (χ1n) is 13.3. The van der Waals surface area contributed by atoms with Crippen molar-refractivity contribution in [1.82, 2.24) is 20.2 Å². The molecule has 0 radical (unpaired) electrons. The van der Waals surface area contributed by atoms with Crippen molar-refractivity contribution in [3.8, 4) is 0 Å². The highest BCUT2D eigenvalue weighted by Crippen LogP contribution is 2.44. The number of fused-ring (bicyclic) bond motifs is 1. The standard InChI is InChI=1S/C25H30N8O7S3/c1-32-8-5-14(26)29-23(32)43-12-24(20(36)37)10-33-18(35)16(19(33)42-11-24)30-17(34)15(13-9-41-22(27)28-13)31-40-25(21(38)39)6-3-2-4-7-25/h5,8-9,16,19,26H,2-4,6-7,10-12H2,1H3,(H5,27,28,30,34,36,37,38,39)/t16?,19-,24?/m1/s1. The number of aromatic nitrogens is 3. The summed E-state index contributed by atoms with van der Waals surface area (Å²) in [4.78, 5) is 66.3. The number of aryl methyl sites for hydroxylation is 1. The topological polar surface area (TPSA) is 230 Å². The van der Waals surface area contributed by atoms with Crippen LogP contribution in [0.1, 0.15) is 37.8 Å². The molecule has 2 unspecified atom stereocenters. The number of thiazole rings is 1. The maximum absolute atomic E-state index is 13.4. The van der Waals surface area contributed by atoms with Crippen molar-refractivity contribution in [3.63, 3.8) is 0 Å². The van der Waals surface area contributed by atoms with Crippen LogP contribution < -0.4 is 26.5 Å². The molecule has 1 aliphatic carbocycles. The number of thioether (sulfide) groups is 2. The molecule has 1 saturated carbocycles. The molecule has 3 fully saturated rings. The maximum Gasteiger partial charge on any atom is 0.361 e. The van der Waals surface area contributed by atoms with E-state index in [0.29, 0.717) is 23.8 Å². The molecule has 0 aromatic carbocycles. The van der Waals surface area contributed by atoms with Crippen molar-refractivity contribution in [3.05, 3.63) is 23.3 Å². The van der Waals surface area contributed by atoms with E-state index in [1.54, 1.807) is 23.9 Å². The Labute approximate surface area is 258 Å². The number of carboxylic acid groups (broad SMARTS) is 2. The molecule has 6 N–H and O–H groups in total. The fourth-order valence-electron chi connectivity index (χ4n) is 5.12. The zero-order valence-corrected chi connectivity index (χ0v) is 25.5. The smallest absolute Gasteiger partial charge is 0.361 e. The number of carbonyl (C=O) groups is 4. The molecule has 5 rings (SSSR count). The van der Waals surface area contributed by atoms with Gasteiger partial charge in [0.05, 0.1) is 19.2 Å². The van der Waals surface area contributed by atoms with E-state index < -0.39 is 46.2 Å². The highest BCUT2D eigenvalue weighted by Gasteiger charge is 2.56. The SMILES string of the molecule is C[n+]1ccc(N)nc1SCC1(C(=O)[O-])CS[C@@H]2C(NC(=O)C(=NOC3(C(=O)O)CCCCC3)c3csc(N)n3)C(=O)N2C1. The largest absolute Gasteiger partial charge is 0.549 e. The van der Waals surface area contributed by atoms with Crippen LogP contribution in [0.3, 0.4) is 0 Å². The first-order chi connectivity index (χ1) is 20.4. The van der Waals surface area contributed by atoms with E-state index >= 15 is 0 Å². The molecule has 0 spiro atoms. The van der Waals surface area contributed by atoms with Crippen LogP contribution in [0, 0.1) is 5.41 Å². The van der Waals surface area contributed by atoms with Crippen LogP contribution in [-0.2, 0) is 31.1 Å². The number of oxime groups is 1. The van der Waals surface area contributed by atoms with Gasteiger partial charge < -0.3 is 41.5 Å². The van der Waals surface area contributed by atoms with Gasteiger partial charge in [-0.25, -0.2) is 14.3 Å². The molecule has 15 nitrogen and oxygen atoms in total. The summed E-state index contributed by atoms with van der Waals surface area (Å²) in [6.07, 6.45) is 4.33. The van der Waals surface area contributed by atoms with Crippen LogP contribution in [0.2, 0.25) is 0 Å². The fraction of sp³-hybridized carbons (Fsp3) is 0.520. The summed E-state index contributed by atoms with van der Waals surface area (Å²) in [5.74, 6) is -3.22. The van der Waals surface area contributed by atoms with E-state index in [9.17, 15) is 29.4 Å². The van der Waals surface area contributed by atoms with E-state index in [1.807, 2.05) is 0 Å². The second-order valence-corrected chi connectivity index (χ2v) is 13.6. The zero-order valence-electron chi connectivity index (χ0n) is 23.1. The molecule has 2 aromatic rings. The van der Waals surface area contributed by atoms with Gasteiger partial charge in [0.15, 0.2) is 10.8 Å². The number of aliphatic carboxylic acids is 2. The van der Waals surface area contributed by atoms with Crippen LogP contribution in [0.4, 0.5) is 10.9 Å². The number of hydrogen-bond acceptors (Lipinski definition) is 14. The number of rotatable bonds is 10. The van der Waals surface area contributed by atoms with Gasteiger partial charge in [0.1, 0.15) is 17.1 Å². The quantitative estimate of drug-likeness (QED) is 0.0602. The third kappa shape index (κ3) is 6.08. The minimum absolute atomic E-state index is 0.0765. The first-order valence-corrected chi connectivity index (χ1v) is 16.3. The Morgan fingerprint density at radius 2 is 2.05 bits per heavy atom. The molecule has 4 heterocycles. The number of carboxylic acids is 2. The summed E-state index contributed by atoms with van der Waals surface area (Å²) in [6, 6.07) is 0.654. The summed E-state index contributed by atoms with van der Waals surface area (Å²) in [5, 5.41) is 30.4. The van der Waals surface area contributed by atoms with Gasteiger partial charge in [0.25, 0.3) is 5.91 Å². The van der Waals surface area contributed by atoms with Crippen molar-refractivity contribution >= 4 is 75.3 Å². The van der Waals surface area contributed by atoms with Gasteiger partial charge in [0, 0.05) is 47.8 Å². The Hall–Kier alpha value is -3.64. The zero-order chi connectivity index (χ0) is 30.9. The lowest BCUT2D eigenvalue weighted by molar-refractivity contribution is -0.713. The first kappa shape index (κ1) is 30.8. The fourth-order valence-corrected chi connectivity index (χ4v) is 8.49. The molecule has 230 valence electrons. The molecule has 0 bridgehead atoms. The monoisotopic (exact) mass is 650 g/mol. The Balaban J connectivity index is 1.29. The summed E-state index contributed by atoms with van der Waals surface area (Å²) >= 11 is 3.48. The van der Waals surface area contributed by atoms with Crippen LogP contribution >= 0.6 is 34.9 Å². The Bertz CT molecular complexity index is 1480. The normalized spacial score (nSPS) is 24.9. The van der Waals surface area contributed by atoms with Crippen molar-refractivity contribution in [2.75, 3.05) is 29.5 Å². The number of β-lactam (4-membered cyclic amide) rings is 1. The summed E-state index contributed by atoms with van der Waals surface area (Å²) in [7, 11) is 1.76. The third-order valence-corrected chi connectivity index (χ3v) is 11.3. The van der Waals surface area contributed by atoms with Crippen molar-refractivity contribution in [1.29, 1.82) is 0 Å². The third-order valence-electron chi connectivity index (χ3n) is 7.68. The second kappa shape index (κ2) is 12.2. The van der Waals surface area contributed by atoms with Gasteiger partial charge in [-0.2, -0.15) is 0 Å². The van der Waals surface area contributed by atoms with Gasteiger partial charge in [-0.3, -0.25) is 9.59 Å².